The Morgan fingerprint density at radius 3 is 2.94 bits per heavy atom. The van der Waals surface area contributed by atoms with Gasteiger partial charge in [-0.25, -0.2) is 0 Å². The first-order chi connectivity index (χ1) is 7.90. The van der Waals surface area contributed by atoms with E-state index in [4.69, 9.17) is 0 Å². The summed E-state index contributed by atoms with van der Waals surface area (Å²) >= 11 is 1.88. The molecule has 0 aliphatic carbocycles. The zero-order valence-corrected chi connectivity index (χ0v) is 10.6. The molecule has 1 aliphatic rings. The van der Waals surface area contributed by atoms with E-state index in [1.54, 1.807) is 0 Å². The zero-order valence-electron chi connectivity index (χ0n) is 9.83. The topological polar surface area (TPSA) is 24.1 Å². The zero-order chi connectivity index (χ0) is 11.2. The van der Waals surface area contributed by atoms with Crippen molar-refractivity contribution in [2.24, 2.45) is 0 Å². The quantitative estimate of drug-likeness (QED) is 0.737. The molecular weight excluding hydrogens is 216 g/mol. The molecule has 0 spiro atoms. The molecule has 1 atom stereocenters. The number of anilines is 1. The van der Waals surface area contributed by atoms with Crippen molar-refractivity contribution in [2.45, 2.75) is 43.0 Å². The highest BCUT2D eigenvalue weighted by molar-refractivity contribution is 8.00. The largest absolute Gasteiger partial charge is 0.360 e. The Labute approximate surface area is 102 Å². The molecule has 1 aliphatic heterocycles. The second-order valence-corrected chi connectivity index (χ2v) is 5.30. The molecule has 0 radical (unpaired) electrons. The Bertz CT molecular complexity index is 302. The standard InChI is InChI=1S/C13H20N2S/c1-2-3-4-7-10-14-13-15-11-8-5-6-9-12(11)16-13/h5-6,8-9,13-15H,2-4,7,10H2,1H3. The predicted octanol–water partition coefficient (Wildman–Crippen LogP) is 3.66. The highest BCUT2D eigenvalue weighted by Gasteiger charge is 2.19. The summed E-state index contributed by atoms with van der Waals surface area (Å²) in [4.78, 5) is 1.36. The summed E-state index contributed by atoms with van der Waals surface area (Å²) in [5.74, 6) is 0. The van der Waals surface area contributed by atoms with Crippen molar-refractivity contribution in [1.29, 1.82) is 0 Å². The summed E-state index contributed by atoms with van der Waals surface area (Å²) in [6.07, 6.45) is 5.28. The molecule has 0 saturated heterocycles. The van der Waals surface area contributed by atoms with Gasteiger partial charge in [0.05, 0.1) is 0 Å². The molecule has 1 aromatic rings. The lowest BCUT2D eigenvalue weighted by atomic mass is 10.2. The van der Waals surface area contributed by atoms with Crippen LogP contribution in [0.4, 0.5) is 5.69 Å². The Balaban J connectivity index is 1.67. The van der Waals surface area contributed by atoms with Gasteiger partial charge in [0.1, 0.15) is 5.50 Å². The van der Waals surface area contributed by atoms with E-state index >= 15 is 0 Å². The van der Waals surface area contributed by atoms with E-state index in [9.17, 15) is 0 Å². The fraction of sp³-hybridized carbons (Fsp3) is 0.538. The Hall–Kier alpha value is -0.670. The van der Waals surface area contributed by atoms with Crippen LogP contribution in [0.2, 0.25) is 0 Å². The summed E-state index contributed by atoms with van der Waals surface area (Å²) < 4.78 is 0. The normalized spacial score (nSPS) is 18.2. The minimum atomic E-state index is 0.360. The molecule has 3 heteroatoms. The van der Waals surface area contributed by atoms with Crippen molar-refractivity contribution >= 4 is 17.4 Å². The molecule has 1 heterocycles. The number of hydrogen-bond donors (Lipinski definition) is 2. The van der Waals surface area contributed by atoms with E-state index in [1.807, 2.05) is 11.8 Å². The molecule has 88 valence electrons. The van der Waals surface area contributed by atoms with Crippen LogP contribution >= 0.6 is 11.8 Å². The van der Waals surface area contributed by atoms with Crippen molar-refractivity contribution in [1.82, 2.24) is 5.32 Å². The second kappa shape index (κ2) is 6.16. The van der Waals surface area contributed by atoms with Gasteiger partial charge in [0.25, 0.3) is 0 Å². The maximum absolute atomic E-state index is 3.54. The van der Waals surface area contributed by atoms with Crippen LogP contribution in [0, 0.1) is 0 Å². The van der Waals surface area contributed by atoms with Crippen molar-refractivity contribution in [3.8, 4) is 0 Å². The fourth-order valence-electron chi connectivity index (χ4n) is 1.86. The molecule has 0 amide bonds. The van der Waals surface area contributed by atoms with Gasteiger partial charge in [-0.05, 0) is 25.1 Å². The summed E-state index contributed by atoms with van der Waals surface area (Å²) in [6.45, 7) is 3.36. The Morgan fingerprint density at radius 2 is 2.12 bits per heavy atom. The van der Waals surface area contributed by atoms with Gasteiger partial charge in [-0.2, -0.15) is 0 Å². The summed E-state index contributed by atoms with van der Waals surface area (Å²) in [5, 5.41) is 7.02. The van der Waals surface area contributed by atoms with E-state index in [1.165, 1.54) is 36.3 Å². The molecule has 0 saturated carbocycles. The van der Waals surface area contributed by atoms with E-state index in [0.29, 0.717) is 5.50 Å². The first-order valence-electron chi connectivity index (χ1n) is 6.16. The van der Waals surface area contributed by atoms with Gasteiger partial charge in [-0.3, -0.25) is 5.32 Å². The average Bonchev–Trinajstić information content (AvgIpc) is 2.71. The van der Waals surface area contributed by atoms with Crippen molar-refractivity contribution in [3.63, 3.8) is 0 Å². The number of unbranched alkanes of at least 4 members (excludes halogenated alkanes) is 3. The van der Waals surface area contributed by atoms with Crippen LogP contribution in [0.15, 0.2) is 29.2 Å². The number of hydrogen-bond acceptors (Lipinski definition) is 3. The number of rotatable bonds is 6. The van der Waals surface area contributed by atoms with E-state index < -0.39 is 0 Å². The smallest absolute Gasteiger partial charge is 0.130 e. The van der Waals surface area contributed by atoms with Crippen LogP contribution < -0.4 is 10.6 Å². The molecule has 2 rings (SSSR count). The molecule has 0 bridgehead atoms. The summed E-state index contributed by atoms with van der Waals surface area (Å²) in [6, 6.07) is 8.49. The number of thioether (sulfide) groups is 1. The molecule has 2 nitrogen and oxygen atoms in total. The lowest BCUT2D eigenvalue weighted by molar-refractivity contribution is 0.602. The Morgan fingerprint density at radius 1 is 1.25 bits per heavy atom. The maximum Gasteiger partial charge on any atom is 0.130 e. The lowest BCUT2D eigenvalue weighted by Gasteiger charge is -2.12. The number of benzene rings is 1. The third-order valence-electron chi connectivity index (χ3n) is 2.78. The molecule has 1 unspecified atom stereocenters. The van der Waals surface area contributed by atoms with Crippen molar-refractivity contribution < 1.29 is 0 Å². The van der Waals surface area contributed by atoms with E-state index in [2.05, 4.69) is 41.8 Å². The number of nitrogens with one attached hydrogen (secondary N) is 2. The molecule has 1 aromatic carbocycles. The minimum Gasteiger partial charge on any atom is -0.360 e. The molecule has 0 aromatic heterocycles. The van der Waals surface area contributed by atoms with Crippen LogP contribution in [0.5, 0.6) is 0 Å². The number of fused-ring (bicyclic) bond motifs is 1. The highest BCUT2D eigenvalue weighted by Crippen LogP contribution is 2.36. The molecule has 16 heavy (non-hydrogen) atoms. The van der Waals surface area contributed by atoms with E-state index in [-0.39, 0.29) is 0 Å². The average molecular weight is 236 g/mol. The van der Waals surface area contributed by atoms with E-state index in [0.717, 1.165) is 6.54 Å². The van der Waals surface area contributed by atoms with Crippen LogP contribution in [0.3, 0.4) is 0 Å². The minimum absolute atomic E-state index is 0.360. The molecule has 2 N–H and O–H groups in total. The van der Waals surface area contributed by atoms with Gasteiger partial charge in [0.15, 0.2) is 0 Å². The van der Waals surface area contributed by atoms with Gasteiger partial charge in [-0.15, -0.1) is 0 Å². The maximum atomic E-state index is 3.54. The van der Waals surface area contributed by atoms with Crippen molar-refractivity contribution in [2.75, 3.05) is 11.9 Å². The van der Waals surface area contributed by atoms with Crippen LogP contribution in [0.1, 0.15) is 32.6 Å². The van der Waals surface area contributed by atoms with Crippen LogP contribution in [-0.4, -0.2) is 12.0 Å². The second-order valence-electron chi connectivity index (χ2n) is 4.15. The third kappa shape index (κ3) is 3.16. The first kappa shape index (κ1) is 11.8. The van der Waals surface area contributed by atoms with Crippen LogP contribution in [0.25, 0.3) is 0 Å². The highest BCUT2D eigenvalue weighted by atomic mass is 32.2. The van der Waals surface area contributed by atoms with Gasteiger partial charge < -0.3 is 5.32 Å². The number of para-hydroxylation sites is 1. The van der Waals surface area contributed by atoms with Crippen molar-refractivity contribution in [3.05, 3.63) is 24.3 Å². The lowest BCUT2D eigenvalue weighted by Crippen LogP contribution is -2.31. The summed E-state index contributed by atoms with van der Waals surface area (Å²) in [5.41, 5.74) is 1.62. The molecule has 0 fully saturated rings. The summed E-state index contributed by atoms with van der Waals surface area (Å²) in [7, 11) is 0. The van der Waals surface area contributed by atoms with Gasteiger partial charge in [-0.1, -0.05) is 50.1 Å². The first-order valence-corrected chi connectivity index (χ1v) is 7.03. The predicted molar refractivity (Wildman–Crippen MR) is 71.9 cm³/mol. The third-order valence-corrected chi connectivity index (χ3v) is 3.91. The fourth-order valence-corrected chi connectivity index (χ4v) is 2.92. The SMILES string of the molecule is CCCCCCNC1Nc2ccccc2S1. The molecular formula is C13H20N2S. The monoisotopic (exact) mass is 236 g/mol. The van der Waals surface area contributed by atoms with Gasteiger partial charge in [0, 0.05) is 10.6 Å². The Kier molecular flexibility index (Phi) is 4.55. The van der Waals surface area contributed by atoms with Gasteiger partial charge >= 0.3 is 0 Å². The van der Waals surface area contributed by atoms with Crippen LogP contribution in [-0.2, 0) is 0 Å². The van der Waals surface area contributed by atoms with Gasteiger partial charge in [0.2, 0.25) is 0 Å².